The van der Waals surface area contributed by atoms with E-state index in [0.717, 1.165) is 0 Å². The molecule has 0 atom stereocenters. The third kappa shape index (κ3) is 0.347. The van der Waals surface area contributed by atoms with Gasteiger partial charge in [-0.3, -0.25) is 5.32 Å². The van der Waals surface area contributed by atoms with Gasteiger partial charge >= 0.3 is 12.1 Å². The number of carbonyl (C=O) groups excluding carboxylic acids is 2. The molecule has 0 aromatic rings. The molecule has 7 heavy (non-hydrogen) atoms. The number of hydrazine groups is 1. The maximum absolute atomic E-state index is 9.91. The van der Waals surface area contributed by atoms with E-state index in [0.29, 0.717) is 5.01 Å². The summed E-state index contributed by atoms with van der Waals surface area (Å²) < 4.78 is 0. The highest BCUT2D eigenvalue weighted by atomic mass is 16.2. The van der Waals surface area contributed by atoms with Crippen molar-refractivity contribution in [2.75, 3.05) is 0 Å². The van der Waals surface area contributed by atoms with Gasteiger partial charge in [-0.05, 0) is 0 Å². The van der Waals surface area contributed by atoms with E-state index < -0.39 is 12.1 Å². The first-order valence-corrected chi connectivity index (χ1v) is 1.61. The van der Waals surface area contributed by atoms with Gasteiger partial charge in [0.25, 0.3) is 0 Å². The number of hydrogen-bond donors (Lipinski definition) is 2. The van der Waals surface area contributed by atoms with E-state index in [1.165, 1.54) is 0 Å². The highest BCUT2D eigenvalue weighted by Gasteiger charge is 2.30. The molecule has 1 fully saturated rings. The standard InChI is InChI=1S/C2H3N3O2/c3-5-1(6)4-2(5)7/h3H2,(H,4,6,7). The van der Waals surface area contributed by atoms with E-state index in [4.69, 9.17) is 5.84 Å². The van der Waals surface area contributed by atoms with Crippen molar-refractivity contribution in [1.82, 2.24) is 10.3 Å². The van der Waals surface area contributed by atoms with Gasteiger partial charge in [0.2, 0.25) is 0 Å². The highest BCUT2D eigenvalue weighted by molar-refractivity contribution is 6.10. The lowest BCUT2D eigenvalue weighted by molar-refractivity contribution is 0.162. The molecule has 0 saturated carbocycles. The van der Waals surface area contributed by atoms with Crippen LogP contribution in [0.15, 0.2) is 0 Å². The van der Waals surface area contributed by atoms with E-state index in [2.05, 4.69) is 0 Å². The Balaban J connectivity index is 2.59. The van der Waals surface area contributed by atoms with E-state index >= 15 is 0 Å². The molecule has 0 unspecified atom stereocenters. The monoisotopic (exact) mass is 101 g/mol. The van der Waals surface area contributed by atoms with Crippen LogP contribution in [0.3, 0.4) is 0 Å². The molecular formula is C2H3N3O2. The van der Waals surface area contributed by atoms with Gasteiger partial charge in [-0.1, -0.05) is 0 Å². The number of amides is 4. The molecule has 0 radical (unpaired) electrons. The van der Waals surface area contributed by atoms with Gasteiger partial charge in [0.1, 0.15) is 0 Å². The van der Waals surface area contributed by atoms with Gasteiger partial charge in [-0.15, -0.1) is 0 Å². The SMILES string of the molecule is NN1C(=O)NC1=O. The summed E-state index contributed by atoms with van der Waals surface area (Å²) in [6.07, 6.45) is 0. The maximum Gasteiger partial charge on any atom is 0.348 e. The van der Waals surface area contributed by atoms with Crippen LogP contribution in [0.1, 0.15) is 0 Å². The molecule has 1 saturated heterocycles. The highest BCUT2D eigenvalue weighted by Crippen LogP contribution is 1.91. The lowest BCUT2D eigenvalue weighted by Crippen LogP contribution is -2.64. The Labute approximate surface area is 39.0 Å². The Bertz CT molecular complexity index is 117. The molecule has 3 N–H and O–H groups in total. The summed E-state index contributed by atoms with van der Waals surface area (Å²) in [6, 6.07) is -1.10. The topological polar surface area (TPSA) is 75.4 Å². The summed E-state index contributed by atoms with van der Waals surface area (Å²) in [7, 11) is 0. The summed E-state index contributed by atoms with van der Waals surface area (Å²) in [6.45, 7) is 0. The van der Waals surface area contributed by atoms with Crippen LogP contribution in [0.2, 0.25) is 0 Å². The molecule has 0 aromatic heterocycles. The van der Waals surface area contributed by atoms with Crippen LogP contribution in [0, 0.1) is 0 Å². The van der Waals surface area contributed by atoms with Crippen molar-refractivity contribution in [3.63, 3.8) is 0 Å². The fraction of sp³-hybridized carbons (Fsp3) is 0. The van der Waals surface area contributed by atoms with Gasteiger partial charge in [-0.2, -0.15) is 5.01 Å². The Morgan fingerprint density at radius 2 is 1.86 bits per heavy atom. The first-order valence-electron chi connectivity index (χ1n) is 1.61. The van der Waals surface area contributed by atoms with Crippen molar-refractivity contribution in [3.05, 3.63) is 0 Å². The molecule has 5 nitrogen and oxygen atoms in total. The van der Waals surface area contributed by atoms with Gasteiger partial charge in [-0.25, -0.2) is 15.4 Å². The van der Waals surface area contributed by atoms with E-state index in [1.54, 1.807) is 0 Å². The molecule has 0 bridgehead atoms. The molecule has 1 rings (SSSR count). The van der Waals surface area contributed by atoms with E-state index in [9.17, 15) is 9.59 Å². The van der Waals surface area contributed by atoms with Crippen molar-refractivity contribution in [1.29, 1.82) is 0 Å². The van der Waals surface area contributed by atoms with Crippen molar-refractivity contribution in [2.24, 2.45) is 5.84 Å². The molecule has 1 heterocycles. The minimum Gasteiger partial charge on any atom is -0.256 e. The largest absolute Gasteiger partial charge is 0.348 e. The first kappa shape index (κ1) is 4.07. The number of hydrogen-bond acceptors (Lipinski definition) is 3. The molecule has 1 aliphatic heterocycles. The molecular weight excluding hydrogens is 98.0 g/mol. The summed E-state index contributed by atoms with van der Waals surface area (Å²) in [5, 5.41) is 2.38. The van der Waals surface area contributed by atoms with Crippen molar-refractivity contribution < 1.29 is 9.59 Å². The summed E-state index contributed by atoms with van der Waals surface area (Å²) in [5.41, 5.74) is 0. The molecule has 5 heteroatoms. The molecule has 4 amide bonds. The number of nitrogens with two attached hydrogens (primary N) is 1. The van der Waals surface area contributed by atoms with Crippen molar-refractivity contribution >= 4 is 12.1 Å². The predicted molar refractivity (Wildman–Crippen MR) is 20.0 cm³/mol. The zero-order chi connectivity index (χ0) is 5.44. The average molecular weight is 101 g/mol. The normalized spacial score (nSPS) is 18.7. The Hall–Kier alpha value is -1.10. The molecule has 0 aliphatic carbocycles. The van der Waals surface area contributed by atoms with Crippen LogP contribution in [0.4, 0.5) is 9.59 Å². The van der Waals surface area contributed by atoms with Gasteiger partial charge in [0, 0.05) is 0 Å². The summed E-state index contributed by atoms with van der Waals surface area (Å²) >= 11 is 0. The fourth-order valence-electron chi connectivity index (χ4n) is 0.251. The smallest absolute Gasteiger partial charge is 0.256 e. The molecule has 1 aliphatic rings. The Morgan fingerprint density at radius 3 is 1.86 bits per heavy atom. The average Bonchev–Trinajstić information content (AvgIpc) is 1.68. The van der Waals surface area contributed by atoms with Gasteiger partial charge < -0.3 is 0 Å². The maximum atomic E-state index is 9.91. The first-order chi connectivity index (χ1) is 3.22. The summed E-state index contributed by atoms with van der Waals surface area (Å²) in [4.78, 5) is 19.8. The number of rotatable bonds is 0. The molecule has 0 spiro atoms. The van der Waals surface area contributed by atoms with Crippen LogP contribution in [-0.4, -0.2) is 17.1 Å². The Kier molecular flexibility index (Phi) is 0.547. The minimum absolute atomic E-state index is 0.500. The van der Waals surface area contributed by atoms with E-state index in [-0.39, 0.29) is 0 Å². The number of nitrogens with one attached hydrogen (secondary N) is 1. The third-order valence-electron chi connectivity index (χ3n) is 0.651. The quantitative estimate of drug-likeness (QED) is 0.303. The third-order valence-corrected chi connectivity index (χ3v) is 0.651. The van der Waals surface area contributed by atoms with Crippen LogP contribution in [0.5, 0.6) is 0 Å². The summed E-state index contributed by atoms with van der Waals surface area (Å²) in [5.74, 6) is 4.74. The van der Waals surface area contributed by atoms with Gasteiger partial charge in [0.15, 0.2) is 0 Å². The van der Waals surface area contributed by atoms with Crippen LogP contribution in [-0.2, 0) is 0 Å². The van der Waals surface area contributed by atoms with Crippen molar-refractivity contribution in [2.45, 2.75) is 0 Å². The predicted octanol–water partition coefficient (Wildman–Crippen LogP) is -0.995. The lowest BCUT2D eigenvalue weighted by atomic mass is 10.7. The number of nitrogens with zero attached hydrogens (tertiary/aromatic N) is 1. The second-order valence-corrected chi connectivity index (χ2v) is 1.11. The van der Waals surface area contributed by atoms with E-state index in [1.807, 2.05) is 5.32 Å². The number of urea groups is 2. The minimum atomic E-state index is -0.551. The second kappa shape index (κ2) is 0.941. The Morgan fingerprint density at radius 1 is 1.43 bits per heavy atom. The molecule has 0 aromatic carbocycles. The molecule has 38 valence electrons. The second-order valence-electron chi connectivity index (χ2n) is 1.11. The van der Waals surface area contributed by atoms with Crippen LogP contribution in [0.25, 0.3) is 0 Å². The zero-order valence-electron chi connectivity index (χ0n) is 3.34. The number of imide groups is 2. The van der Waals surface area contributed by atoms with Crippen LogP contribution >= 0.6 is 0 Å². The fourth-order valence-corrected chi connectivity index (χ4v) is 0.251. The number of carbonyl (C=O) groups is 2. The van der Waals surface area contributed by atoms with Crippen LogP contribution < -0.4 is 11.2 Å². The lowest BCUT2D eigenvalue weighted by Gasteiger charge is -2.22. The van der Waals surface area contributed by atoms with Crippen molar-refractivity contribution in [3.8, 4) is 0 Å². The zero-order valence-corrected chi connectivity index (χ0v) is 3.34. The van der Waals surface area contributed by atoms with Gasteiger partial charge in [0.05, 0.1) is 0 Å².